The second kappa shape index (κ2) is 5.26. The maximum absolute atomic E-state index is 13.2. The maximum atomic E-state index is 13.2. The lowest BCUT2D eigenvalue weighted by molar-refractivity contribution is 0.508. The molecule has 1 aromatic carbocycles. The molecule has 0 amide bonds. The van der Waals surface area contributed by atoms with E-state index in [0.29, 0.717) is 15.2 Å². The topological polar surface area (TPSA) is 24.4 Å². The molecule has 1 aromatic rings. The zero-order chi connectivity index (χ0) is 13.5. The molecule has 2 nitrogen and oxygen atoms in total. The number of rotatable bonds is 1. The average Bonchev–Trinajstić information content (AvgIpc) is 2.95. The Morgan fingerprint density at radius 2 is 2.11 bits per heavy atom. The number of halogens is 3. The summed E-state index contributed by atoms with van der Waals surface area (Å²) >= 11 is 11.1. The van der Waals surface area contributed by atoms with Gasteiger partial charge >= 0.3 is 0 Å². The summed E-state index contributed by atoms with van der Waals surface area (Å²) in [5, 5.41) is 4.47. The molecule has 0 radical (unpaired) electrons. The van der Waals surface area contributed by atoms with E-state index in [4.69, 9.17) is 16.6 Å². The second-order valence-corrected chi connectivity index (χ2v) is 7.23. The van der Waals surface area contributed by atoms with E-state index in [1.807, 2.05) is 0 Å². The summed E-state index contributed by atoms with van der Waals surface area (Å²) in [6.45, 7) is 0. The highest BCUT2D eigenvalue weighted by molar-refractivity contribution is 9.10. The van der Waals surface area contributed by atoms with Crippen molar-refractivity contribution in [1.29, 1.82) is 0 Å². The fourth-order valence-electron chi connectivity index (χ4n) is 2.60. The SMILES string of the molecule is Fc1cc(Cl)c(NC2=NC3(CCCC3)CS2)c(Br)c1. The van der Waals surface area contributed by atoms with Crippen molar-refractivity contribution in [3.8, 4) is 0 Å². The van der Waals surface area contributed by atoms with Crippen LogP contribution in [0.2, 0.25) is 5.02 Å². The van der Waals surface area contributed by atoms with E-state index in [1.54, 1.807) is 11.8 Å². The molecule has 1 N–H and O–H groups in total. The second-order valence-electron chi connectivity index (χ2n) is 5.01. The average molecular weight is 364 g/mol. The van der Waals surface area contributed by atoms with Gasteiger partial charge < -0.3 is 5.32 Å². The highest BCUT2D eigenvalue weighted by Gasteiger charge is 2.38. The van der Waals surface area contributed by atoms with Gasteiger partial charge in [0.15, 0.2) is 5.17 Å². The summed E-state index contributed by atoms with van der Waals surface area (Å²) in [7, 11) is 0. The minimum absolute atomic E-state index is 0.131. The van der Waals surface area contributed by atoms with Crippen LogP contribution in [0.3, 0.4) is 0 Å². The highest BCUT2D eigenvalue weighted by Crippen LogP contribution is 2.42. The molecule has 1 saturated carbocycles. The number of aliphatic imine (C=N–C) groups is 1. The molecule has 102 valence electrons. The van der Waals surface area contributed by atoms with Crippen LogP contribution in [0.15, 0.2) is 21.6 Å². The van der Waals surface area contributed by atoms with E-state index in [1.165, 1.54) is 37.8 Å². The maximum Gasteiger partial charge on any atom is 0.161 e. The Morgan fingerprint density at radius 3 is 2.79 bits per heavy atom. The summed E-state index contributed by atoms with van der Waals surface area (Å²) < 4.78 is 13.8. The molecule has 2 aliphatic rings. The van der Waals surface area contributed by atoms with Crippen LogP contribution >= 0.6 is 39.3 Å². The number of hydrogen-bond donors (Lipinski definition) is 1. The Bertz CT molecular complexity index is 520. The summed E-state index contributed by atoms with van der Waals surface area (Å²) in [5.41, 5.74) is 0.816. The Labute approximate surface area is 129 Å². The molecule has 19 heavy (non-hydrogen) atoms. The predicted octanol–water partition coefficient (Wildman–Crippen LogP) is 5.07. The Kier molecular flexibility index (Phi) is 3.80. The molecule has 1 spiro atoms. The summed E-state index contributed by atoms with van der Waals surface area (Å²) in [6, 6.07) is 2.71. The quantitative estimate of drug-likeness (QED) is 0.753. The van der Waals surface area contributed by atoms with Crippen molar-refractivity contribution >= 4 is 50.1 Å². The van der Waals surface area contributed by atoms with Gasteiger partial charge in [0, 0.05) is 10.2 Å². The van der Waals surface area contributed by atoms with E-state index in [9.17, 15) is 4.39 Å². The van der Waals surface area contributed by atoms with Crippen molar-refractivity contribution in [2.75, 3.05) is 11.1 Å². The van der Waals surface area contributed by atoms with E-state index < -0.39 is 0 Å². The van der Waals surface area contributed by atoms with Crippen LogP contribution in [0.4, 0.5) is 10.1 Å². The third-order valence-electron chi connectivity index (χ3n) is 3.59. The standard InChI is InChI=1S/C13H13BrClFN2S/c14-9-5-8(16)6-10(15)11(9)17-12-18-13(7-19-12)3-1-2-4-13/h5-6H,1-4,7H2,(H,17,18). The van der Waals surface area contributed by atoms with Gasteiger partial charge in [0.05, 0.1) is 16.2 Å². The van der Waals surface area contributed by atoms with Crippen LogP contribution in [-0.2, 0) is 0 Å². The molecule has 1 heterocycles. The highest BCUT2D eigenvalue weighted by atomic mass is 79.9. The first-order chi connectivity index (χ1) is 9.08. The van der Waals surface area contributed by atoms with Gasteiger partial charge in [0.2, 0.25) is 0 Å². The summed E-state index contributed by atoms with van der Waals surface area (Å²) in [5.74, 6) is 0.682. The first-order valence-corrected chi connectivity index (χ1v) is 8.38. The van der Waals surface area contributed by atoms with Gasteiger partial charge in [0.25, 0.3) is 0 Å². The molecule has 0 saturated heterocycles. The number of nitrogens with one attached hydrogen (secondary N) is 1. The summed E-state index contributed by atoms with van der Waals surface area (Å²) in [4.78, 5) is 4.81. The third-order valence-corrected chi connectivity index (χ3v) is 5.66. The van der Waals surface area contributed by atoms with E-state index in [-0.39, 0.29) is 11.4 Å². The molecule has 1 aliphatic carbocycles. The summed E-state index contributed by atoms with van der Waals surface area (Å²) in [6.07, 6.45) is 4.86. The number of thioether (sulfide) groups is 1. The van der Waals surface area contributed by atoms with E-state index in [0.717, 1.165) is 10.9 Å². The van der Waals surface area contributed by atoms with Gasteiger partial charge in [-0.05, 0) is 40.9 Å². The number of amidine groups is 1. The normalized spacial score (nSPS) is 20.9. The monoisotopic (exact) mass is 362 g/mol. The zero-order valence-electron chi connectivity index (χ0n) is 10.2. The van der Waals surface area contributed by atoms with Crippen molar-refractivity contribution in [1.82, 2.24) is 0 Å². The van der Waals surface area contributed by atoms with Crippen molar-refractivity contribution < 1.29 is 4.39 Å². The lowest BCUT2D eigenvalue weighted by Gasteiger charge is -2.16. The molecule has 3 rings (SSSR count). The first-order valence-electron chi connectivity index (χ1n) is 6.22. The zero-order valence-corrected chi connectivity index (χ0v) is 13.3. The van der Waals surface area contributed by atoms with E-state index in [2.05, 4.69) is 21.2 Å². The fourth-order valence-corrected chi connectivity index (χ4v) is 4.69. The predicted molar refractivity (Wildman–Crippen MR) is 83.8 cm³/mol. The first kappa shape index (κ1) is 13.7. The van der Waals surface area contributed by atoms with E-state index >= 15 is 0 Å². The number of benzene rings is 1. The number of anilines is 1. The molecule has 6 heteroatoms. The molecule has 0 bridgehead atoms. The van der Waals surface area contributed by atoms with Gasteiger partial charge in [-0.15, -0.1) is 0 Å². The van der Waals surface area contributed by atoms with Gasteiger partial charge in [-0.3, -0.25) is 4.99 Å². The number of nitrogens with zero attached hydrogens (tertiary/aromatic N) is 1. The molecule has 0 aromatic heterocycles. The Hall–Kier alpha value is -0.260. The lowest BCUT2D eigenvalue weighted by atomic mass is 10.0. The molecule has 0 unspecified atom stereocenters. The molecule has 0 atom stereocenters. The van der Waals surface area contributed by atoms with Gasteiger partial charge in [0.1, 0.15) is 5.82 Å². The van der Waals surface area contributed by atoms with Crippen LogP contribution < -0.4 is 5.32 Å². The fraction of sp³-hybridized carbons (Fsp3) is 0.462. The van der Waals surface area contributed by atoms with Crippen LogP contribution in [-0.4, -0.2) is 16.5 Å². The van der Waals surface area contributed by atoms with Crippen molar-refractivity contribution in [3.63, 3.8) is 0 Å². The number of hydrogen-bond acceptors (Lipinski definition) is 3. The minimum Gasteiger partial charge on any atom is -0.333 e. The van der Waals surface area contributed by atoms with Gasteiger partial charge in [-0.2, -0.15) is 0 Å². The van der Waals surface area contributed by atoms with Crippen LogP contribution in [0.25, 0.3) is 0 Å². The van der Waals surface area contributed by atoms with Gasteiger partial charge in [-0.1, -0.05) is 36.2 Å². The lowest BCUT2D eigenvalue weighted by Crippen LogP contribution is -2.21. The largest absolute Gasteiger partial charge is 0.333 e. The van der Waals surface area contributed by atoms with Crippen LogP contribution in [0.5, 0.6) is 0 Å². The van der Waals surface area contributed by atoms with Crippen LogP contribution in [0, 0.1) is 5.82 Å². The molecule has 1 aliphatic heterocycles. The molecular formula is C13H13BrClFN2S. The smallest absolute Gasteiger partial charge is 0.161 e. The van der Waals surface area contributed by atoms with Crippen molar-refractivity contribution in [2.45, 2.75) is 31.2 Å². The van der Waals surface area contributed by atoms with Crippen molar-refractivity contribution in [2.24, 2.45) is 4.99 Å². The Balaban J connectivity index is 1.83. The minimum atomic E-state index is -0.351. The molecular weight excluding hydrogens is 351 g/mol. The van der Waals surface area contributed by atoms with Gasteiger partial charge in [-0.25, -0.2) is 4.39 Å². The van der Waals surface area contributed by atoms with Crippen LogP contribution in [0.1, 0.15) is 25.7 Å². The third kappa shape index (κ3) is 2.78. The van der Waals surface area contributed by atoms with Crippen molar-refractivity contribution in [3.05, 3.63) is 27.4 Å². The Morgan fingerprint density at radius 1 is 1.37 bits per heavy atom. The molecule has 1 fully saturated rings.